The molecule has 1 aromatic heterocycles. The van der Waals surface area contributed by atoms with Crippen LogP contribution in [0.25, 0.3) is 34.0 Å². The van der Waals surface area contributed by atoms with Gasteiger partial charge in [0, 0.05) is 11.1 Å². The molecule has 35 heavy (non-hydrogen) atoms. The third-order valence-corrected chi connectivity index (χ3v) is 6.53. The van der Waals surface area contributed by atoms with Gasteiger partial charge in [0.1, 0.15) is 5.75 Å². The van der Waals surface area contributed by atoms with Crippen LogP contribution in [0.4, 0.5) is 0 Å². The Labute approximate surface area is 205 Å². The van der Waals surface area contributed by atoms with Crippen LogP contribution in [0.15, 0.2) is 101 Å². The fourth-order valence-electron chi connectivity index (χ4n) is 4.62. The van der Waals surface area contributed by atoms with Crippen LogP contribution in [-0.4, -0.2) is 15.3 Å². The number of benzene rings is 4. The maximum atomic E-state index is 9.76. The molecule has 0 radical (unpaired) electrons. The Bertz CT molecular complexity index is 1450. The molecule has 4 nitrogen and oxygen atoms in total. The van der Waals surface area contributed by atoms with Crippen molar-refractivity contribution in [1.82, 2.24) is 10.2 Å². The molecule has 0 amide bonds. The van der Waals surface area contributed by atoms with Crippen molar-refractivity contribution < 1.29 is 9.52 Å². The summed E-state index contributed by atoms with van der Waals surface area (Å²) in [5.41, 5.74) is 8.06. The van der Waals surface area contributed by atoms with Gasteiger partial charge in [0.2, 0.25) is 11.8 Å². The monoisotopic (exact) mass is 460 g/mol. The van der Waals surface area contributed by atoms with E-state index in [1.807, 2.05) is 12.1 Å². The molecule has 4 heteroatoms. The number of hydrogen-bond donors (Lipinski definition) is 1. The second-order valence-corrected chi connectivity index (χ2v) is 8.87. The minimum Gasteiger partial charge on any atom is -0.508 e. The molecule has 0 bridgehead atoms. The predicted molar refractivity (Wildman–Crippen MR) is 140 cm³/mol. The lowest BCUT2D eigenvalue weighted by Crippen LogP contribution is -2.04. The van der Waals surface area contributed by atoms with Gasteiger partial charge >= 0.3 is 0 Å². The third-order valence-electron chi connectivity index (χ3n) is 6.53. The quantitative estimate of drug-likeness (QED) is 0.269. The van der Waals surface area contributed by atoms with E-state index in [1.165, 1.54) is 27.8 Å². The van der Waals surface area contributed by atoms with Crippen molar-refractivity contribution in [2.24, 2.45) is 0 Å². The third kappa shape index (κ3) is 4.87. The summed E-state index contributed by atoms with van der Waals surface area (Å²) >= 11 is 0. The minimum absolute atomic E-state index is 0.168. The summed E-state index contributed by atoms with van der Waals surface area (Å²) in [6.45, 7) is 4.41. The summed E-state index contributed by atoms with van der Waals surface area (Å²) in [6.07, 6.45) is 1.97. The van der Waals surface area contributed by atoms with Crippen LogP contribution in [0.2, 0.25) is 0 Å². The van der Waals surface area contributed by atoms with Crippen LogP contribution >= 0.6 is 0 Å². The second kappa shape index (κ2) is 9.98. The van der Waals surface area contributed by atoms with E-state index in [1.54, 1.807) is 18.2 Å². The Kier molecular flexibility index (Phi) is 6.44. The second-order valence-electron chi connectivity index (χ2n) is 8.87. The molecule has 5 rings (SSSR count). The average molecular weight is 461 g/mol. The maximum Gasteiger partial charge on any atom is 0.248 e. The molecule has 0 fully saturated rings. The van der Waals surface area contributed by atoms with E-state index in [-0.39, 0.29) is 5.75 Å². The Morgan fingerprint density at radius 2 is 1.40 bits per heavy atom. The molecule has 0 spiro atoms. The van der Waals surface area contributed by atoms with E-state index >= 15 is 0 Å². The van der Waals surface area contributed by atoms with Crippen LogP contribution < -0.4 is 0 Å². The lowest BCUT2D eigenvalue weighted by molar-refractivity contribution is 0.475. The number of rotatable bonds is 7. The molecule has 0 aliphatic rings. The van der Waals surface area contributed by atoms with Gasteiger partial charge in [-0.3, -0.25) is 0 Å². The molecule has 0 saturated heterocycles. The van der Waals surface area contributed by atoms with Gasteiger partial charge in [-0.2, -0.15) is 0 Å². The van der Waals surface area contributed by atoms with Gasteiger partial charge in [-0.15, -0.1) is 10.2 Å². The Morgan fingerprint density at radius 3 is 2.11 bits per heavy atom. The van der Waals surface area contributed by atoms with Crippen LogP contribution in [0.5, 0.6) is 5.75 Å². The van der Waals surface area contributed by atoms with Gasteiger partial charge in [-0.25, -0.2) is 0 Å². The zero-order valence-corrected chi connectivity index (χ0v) is 20.0. The molecule has 4 aromatic carbocycles. The van der Waals surface area contributed by atoms with Crippen LogP contribution in [-0.2, 0) is 6.42 Å². The highest BCUT2D eigenvalue weighted by Gasteiger charge is 2.17. The van der Waals surface area contributed by atoms with Crippen molar-refractivity contribution >= 4 is 0 Å². The lowest BCUT2D eigenvalue weighted by Gasteiger charge is -2.19. The first-order chi connectivity index (χ1) is 17.1. The smallest absolute Gasteiger partial charge is 0.248 e. The van der Waals surface area contributed by atoms with Crippen molar-refractivity contribution in [2.75, 3.05) is 0 Å². The fraction of sp³-hybridized carbons (Fsp3) is 0.161. The highest BCUT2D eigenvalue weighted by molar-refractivity contribution is 5.70. The first-order valence-electron chi connectivity index (χ1n) is 12.0. The van der Waals surface area contributed by atoms with E-state index in [0.717, 1.165) is 18.4 Å². The Morgan fingerprint density at radius 1 is 0.743 bits per heavy atom. The number of aromatic hydroxyl groups is 1. The first-order valence-corrected chi connectivity index (χ1v) is 12.0. The number of phenols is 1. The molecular formula is C31H28N2O2. The maximum absolute atomic E-state index is 9.76. The molecule has 0 aliphatic heterocycles. The number of nitrogens with zero attached hydrogens (tertiary/aromatic N) is 2. The molecule has 5 aromatic rings. The van der Waals surface area contributed by atoms with Gasteiger partial charge < -0.3 is 9.52 Å². The topological polar surface area (TPSA) is 59.2 Å². The summed E-state index contributed by atoms with van der Waals surface area (Å²) in [5.74, 6) is 1.38. The van der Waals surface area contributed by atoms with E-state index in [9.17, 15) is 5.11 Å². The molecule has 1 atom stereocenters. The van der Waals surface area contributed by atoms with Gasteiger partial charge in [0.25, 0.3) is 0 Å². The summed E-state index contributed by atoms with van der Waals surface area (Å²) in [6, 6.07) is 32.5. The SMILES string of the molecule is CCC(Cc1ccccc1-c1ccccc1C)c1cccc(-c2nnc(-c3cccc(O)c3)o2)c1. The number of phenolic OH excluding ortho intramolecular Hbond substituents is 1. The fourth-order valence-corrected chi connectivity index (χ4v) is 4.62. The van der Waals surface area contributed by atoms with E-state index in [4.69, 9.17) is 4.42 Å². The van der Waals surface area contributed by atoms with Crippen molar-refractivity contribution in [3.8, 4) is 39.8 Å². The Hall–Kier alpha value is -4.18. The standard InChI is InChI=1S/C31H28N2O2/c1-3-22(18-24-11-5-7-17-29(24)28-16-6-4-10-21(28)2)23-12-8-13-25(19-23)30-32-33-31(35-30)26-14-9-15-27(34)20-26/h4-17,19-20,22,34H,3,18H2,1-2H3. The van der Waals surface area contributed by atoms with Crippen LogP contribution in [0.1, 0.15) is 36.0 Å². The summed E-state index contributed by atoms with van der Waals surface area (Å²) in [7, 11) is 0. The highest BCUT2D eigenvalue weighted by atomic mass is 16.4. The van der Waals surface area contributed by atoms with E-state index < -0.39 is 0 Å². The van der Waals surface area contributed by atoms with Crippen molar-refractivity contribution in [3.63, 3.8) is 0 Å². The zero-order valence-electron chi connectivity index (χ0n) is 20.0. The lowest BCUT2D eigenvalue weighted by atomic mass is 9.85. The Balaban J connectivity index is 1.43. The van der Waals surface area contributed by atoms with Gasteiger partial charge in [0.05, 0.1) is 0 Å². The van der Waals surface area contributed by atoms with Crippen LogP contribution in [0, 0.1) is 6.92 Å². The average Bonchev–Trinajstić information content (AvgIpc) is 3.39. The normalized spacial score (nSPS) is 11.9. The highest BCUT2D eigenvalue weighted by Crippen LogP contribution is 2.34. The molecular weight excluding hydrogens is 432 g/mol. The molecule has 0 aliphatic carbocycles. The van der Waals surface area contributed by atoms with Gasteiger partial charge in [-0.05, 0) is 83.8 Å². The predicted octanol–water partition coefficient (Wildman–Crippen LogP) is 7.82. The van der Waals surface area contributed by atoms with Crippen molar-refractivity contribution in [3.05, 3.63) is 114 Å². The molecule has 174 valence electrons. The summed E-state index contributed by atoms with van der Waals surface area (Å²) < 4.78 is 5.95. The largest absolute Gasteiger partial charge is 0.508 e. The minimum atomic E-state index is 0.168. The zero-order chi connectivity index (χ0) is 24.2. The molecule has 1 N–H and O–H groups in total. The van der Waals surface area contributed by atoms with E-state index in [0.29, 0.717) is 23.3 Å². The number of hydrogen-bond acceptors (Lipinski definition) is 4. The van der Waals surface area contributed by atoms with Gasteiger partial charge in [-0.1, -0.05) is 73.7 Å². The van der Waals surface area contributed by atoms with Gasteiger partial charge in [0.15, 0.2) is 0 Å². The number of aromatic nitrogens is 2. The van der Waals surface area contributed by atoms with Crippen molar-refractivity contribution in [1.29, 1.82) is 0 Å². The number of aryl methyl sites for hydroxylation is 1. The molecule has 1 heterocycles. The summed E-state index contributed by atoms with van der Waals surface area (Å²) in [4.78, 5) is 0. The summed E-state index contributed by atoms with van der Waals surface area (Å²) in [5, 5.41) is 18.2. The molecule has 0 saturated carbocycles. The first kappa shape index (κ1) is 22.6. The van der Waals surface area contributed by atoms with E-state index in [2.05, 4.69) is 90.8 Å². The van der Waals surface area contributed by atoms with Crippen molar-refractivity contribution in [2.45, 2.75) is 32.6 Å². The van der Waals surface area contributed by atoms with Crippen LogP contribution in [0.3, 0.4) is 0 Å². The molecule has 1 unspecified atom stereocenters.